The molecule has 2 aromatic carbocycles. The van der Waals surface area contributed by atoms with Gasteiger partial charge in [-0.15, -0.1) is 0 Å². The van der Waals surface area contributed by atoms with E-state index in [9.17, 15) is 14.0 Å². The summed E-state index contributed by atoms with van der Waals surface area (Å²) in [6.07, 6.45) is 2.74. The third-order valence-corrected chi connectivity index (χ3v) is 7.38. The van der Waals surface area contributed by atoms with Crippen molar-refractivity contribution in [3.05, 3.63) is 118 Å². The van der Waals surface area contributed by atoms with Gasteiger partial charge in [0, 0.05) is 55.1 Å². The Hall–Kier alpha value is -4.26. The lowest BCUT2D eigenvalue weighted by molar-refractivity contribution is 0.0594. The van der Waals surface area contributed by atoms with Gasteiger partial charge in [0.25, 0.3) is 11.5 Å². The van der Waals surface area contributed by atoms with E-state index in [4.69, 9.17) is 0 Å². The molecule has 1 saturated heterocycles. The number of nitrogens with one attached hydrogen (secondary N) is 1. The van der Waals surface area contributed by atoms with E-state index in [-0.39, 0.29) is 29.1 Å². The van der Waals surface area contributed by atoms with Gasteiger partial charge in [-0.1, -0.05) is 30.3 Å². The predicted molar refractivity (Wildman–Crippen MR) is 141 cm³/mol. The lowest BCUT2D eigenvalue weighted by atomic mass is 9.83. The van der Waals surface area contributed by atoms with Crippen molar-refractivity contribution in [1.82, 2.24) is 14.5 Å². The summed E-state index contributed by atoms with van der Waals surface area (Å²) in [5, 5.41) is 3.31. The van der Waals surface area contributed by atoms with Gasteiger partial charge in [-0.05, 0) is 66.4 Å². The zero-order chi connectivity index (χ0) is 25.4. The summed E-state index contributed by atoms with van der Waals surface area (Å²) in [4.78, 5) is 32.6. The summed E-state index contributed by atoms with van der Waals surface area (Å²) in [5.74, 6) is -0.121. The summed E-state index contributed by atoms with van der Waals surface area (Å²) in [6.45, 7) is 2.29. The molecule has 1 N–H and O–H groups in total. The SMILES string of the molecule is O=C(c1ccc(F)cc1)N1CC2CC(C1)c1ccc(NCc3ccc(-c4ccccn4)cc3)c(=O)n1C2. The maximum absolute atomic E-state index is 13.4. The van der Waals surface area contributed by atoms with Gasteiger partial charge in [-0.25, -0.2) is 4.39 Å². The van der Waals surface area contributed by atoms with Crippen LogP contribution in [-0.4, -0.2) is 33.4 Å². The lowest BCUT2D eigenvalue weighted by Gasteiger charge is -2.43. The minimum Gasteiger partial charge on any atom is -0.377 e. The Morgan fingerprint density at radius 1 is 0.946 bits per heavy atom. The summed E-state index contributed by atoms with van der Waals surface area (Å²) in [6, 6.07) is 23.6. The molecule has 6 nitrogen and oxygen atoms in total. The van der Waals surface area contributed by atoms with E-state index in [1.807, 2.05) is 64.1 Å². The molecule has 4 aromatic rings. The average molecular weight is 495 g/mol. The molecule has 0 radical (unpaired) electrons. The fraction of sp³-hybridized carbons (Fsp3) is 0.233. The van der Waals surface area contributed by atoms with Crippen molar-refractivity contribution < 1.29 is 9.18 Å². The van der Waals surface area contributed by atoms with Crippen LogP contribution in [0.2, 0.25) is 0 Å². The third-order valence-electron chi connectivity index (χ3n) is 7.38. The summed E-state index contributed by atoms with van der Waals surface area (Å²) < 4.78 is 15.2. The highest BCUT2D eigenvalue weighted by Crippen LogP contribution is 2.36. The summed E-state index contributed by atoms with van der Waals surface area (Å²) >= 11 is 0. The highest BCUT2D eigenvalue weighted by atomic mass is 19.1. The smallest absolute Gasteiger partial charge is 0.274 e. The van der Waals surface area contributed by atoms with E-state index < -0.39 is 0 Å². The Labute approximate surface area is 214 Å². The first-order valence-corrected chi connectivity index (χ1v) is 12.6. The van der Waals surface area contributed by atoms with Gasteiger partial charge < -0.3 is 14.8 Å². The van der Waals surface area contributed by atoms with Crippen molar-refractivity contribution in [3.8, 4) is 11.3 Å². The zero-order valence-corrected chi connectivity index (χ0v) is 20.3. The van der Waals surface area contributed by atoms with Crippen molar-refractivity contribution >= 4 is 11.6 Å². The van der Waals surface area contributed by atoms with Gasteiger partial charge in [0.1, 0.15) is 11.5 Å². The number of nitrogens with zero attached hydrogens (tertiary/aromatic N) is 3. The van der Waals surface area contributed by atoms with E-state index >= 15 is 0 Å². The van der Waals surface area contributed by atoms with Crippen LogP contribution in [0, 0.1) is 11.7 Å². The largest absolute Gasteiger partial charge is 0.377 e. The molecule has 186 valence electrons. The Morgan fingerprint density at radius 3 is 2.51 bits per heavy atom. The molecular weight excluding hydrogens is 467 g/mol. The molecule has 2 aliphatic rings. The molecule has 1 amide bonds. The molecule has 2 aromatic heterocycles. The number of rotatable bonds is 5. The second kappa shape index (κ2) is 9.65. The molecule has 7 heteroatoms. The van der Waals surface area contributed by atoms with E-state index in [0.717, 1.165) is 28.9 Å². The normalized spacial score (nSPS) is 18.2. The van der Waals surface area contributed by atoms with Crippen LogP contribution < -0.4 is 10.9 Å². The zero-order valence-electron chi connectivity index (χ0n) is 20.3. The van der Waals surface area contributed by atoms with E-state index in [2.05, 4.69) is 10.3 Å². The van der Waals surface area contributed by atoms with Crippen LogP contribution in [0.4, 0.5) is 10.1 Å². The van der Waals surface area contributed by atoms with Gasteiger partial charge in [0.05, 0.1) is 5.69 Å². The number of aromatic nitrogens is 2. The number of carbonyl (C=O) groups excluding carboxylic acids is 1. The van der Waals surface area contributed by atoms with Crippen LogP contribution in [-0.2, 0) is 13.1 Å². The lowest BCUT2D eigenvalue weighted by Crippen LogP contribution is -2.49. The minimum atomic E-state index is -0.355. The maximum atomic E-state index is 13.4. The maximum Gasteiger partial charge on any atom is 0.274 e. The van der Waals surface area contributed by atoms with Crippen LogP contribution in [0.3, 0.4) is 0 Å². The Bertz CT molecular complexity index is 1480. The minimum absolute atomic E-state index is 0.0179. The first kappa shape index (κ1) is 23.2. The molecular formula is C30H27FN4O2. The monoisotopic (exact) mass is 494 g/mol. The molecule has 1 fully saturated rings. The fourth-order valence-electron chi connectivity index (χ4n) is 5.55. The van der Waals surface area contributed by atoms with Crippen LogP contribution >= 0.6 is 0 Å². The number of hydrogen-bond acceptors (Lipinski definition) is 4. The molecule has 0 spiro atoms. The van der Waals surface area contributed by atoms with Gasteiger partial charge >= 0.3 is 0 Å². The van der Waals surface area contributed by atoms with Gasteiger partial charge in [0.15, 0.2) is 0 Å². The first-order chi connectivity index (χ1) is 18.0. The number of carbonyl (C=O) groups is 1. The number of pyridine rings is 2. The number of anilines is 1. The van der Waals surface area contributed by atoms with Crippen LogP contribution in [0.25, 0.3) is 11.3 Å². The highest BCUT2D eigenvalue weighted by Gasteiger charge is 2.36. The van der Waals surface area contributed by atoms with Gasteiger partial charge in [-0.2, -0.15) is 0 Å². The number of piperidine rings is 1. The molecule has 2 unspecified atom stereocenters. The van der Waals surface area contributed by atoms with E-state index in [0.29, 0.717) is 37.4 Å². The van der Waals surface area contributed by atoms with Crippen LogP contribution in [0.15, 0.2) is 89.9 Å². The third kappa shape index (κ3) is 4.65. The average Bonchev–Trinajstić information content (AvgIpc) is 2.94. The van der Waals surface area contributed by atoms with Crippen molar-refractivity contribution in [3.63, 3.8) is 0 Å². The van der Waals surface area contributed by atoms with Crippen molar-refractivity contribution in [2.75, 3.05) is 18.4 Å². The Kier molecular flexibility index (Phi) is 6.04. The topological polar surface area (TPSA) is 67.2 Å². The fourth-order valence-corrected chi connectivity index (χ4v) is 5.55. The molecule has 37 heavy (non-hydrogen) atoms. The molecule has 6 rings (SSSR count). The highest BCUT2D eigenvalue weighted by molar-refractivity contribution is 5.94. The summed E-state index contributed by atoms with van der Waals surface area (Å²) in [7, 11) is 0. The van der Waals surface area contributed by atoms with Crippen molar-refractivity contribution in [2.45, 2.75) is 25.4 Å². The summed E-state index contributed by atoms with van der Waals surface area (Å²) in [5.41, 5.74) is 5.09. The quantitative estimate of drug-likeness (QED) is 0.428. The Morgan fingerprint density at radius 2 is 1.76 bits per heavy atom. The number of hydrogen-bond donors (Lipinski definition) is 1. The van der Waals surface area contributed by atoms with Crippen LogP contribution in [0.1, 0.15) is 34.0 Å². The molecule has 0 aliphatic carbocycles. The number of fused-ring (bicyclic) bond motifs is 4. The van der Waals surface area contributed by atoms with Crippen molar-refractivity contribution in [1.29, 1.82) is 0 Å². The second-order valence-corrected chi connectivity index (χ2v) is 9.87. The van der Waals surface area contributed by atoms with E-state index in [1.165, 1.54) is 24.3 Å². The molecule has 2 atom stereocenters. The predicted octanol–water partition coefficient (Wildman–Crippen LogP) is 4.92. The first-order valence-electron chi connectivity index (χ1n) is 12.6. The second-order valence-electron chi connectivity index (χ2n) is 9.87. The molecule has 2 bridgehead atoms. The molecule has 4 heterocycles. The molecule has 0 saturated carbocycles. The number of halogens is 1. The van der Waals surface area contributed by atoms with Gasteiger partial charge in [-0.3, -0.25) is 14.6 Å². The molecule has 2 aliphatic heterocycles. The number of amides is 1. The van der Waals surface area contributed by atoms with Gasteiger partial charge in [0.2, 0.25) is 0 Å². The standard InChI is InChI=1S/C30H27FN4O2/c31-25-10-8-23(9-11-25)29(36)34-17-21-15-24(19-34)28-13-12-27(30(37)35(28)18-21)33-16-20-4-6-22(7-5-20)26-3-1-2-14-32-26/h1-14,21,24,33H,15-19H2. The number of benzene rings is 2. The van der Waals surface area contributed by atoms with Crippen molar-refractivity contribution in [2.24, 2.45) is 5.92 Å². The Balaban J connectivity index is 1.15. The van der Waals surface area contributed by atoms with Crippen LogP contribution in [0.5, 0.6) is 0 Å². The van der Waals surface area contributed by atoms with E-state index in [1.54, 1.807) is 6.20 Å². The number of likely N-dealkylation sites (tertiary alicyclic amines) is 1.